The maximum Gasteiger partial charge on any atom is 0.0364 e. The Morgan fingerprint density at radius 3 is 2.33 bits per heavy atom. The van der Waals surface area contributed by atoms with Gasteiger partial charge in [0.05, 0.1) is 0 Å². The Balaban J connectivity index is 2.16. The van der Waals surface area contributed by atoms with Crippen LogP contribution in [0.1, 0.15) is 33.1 Å². The zero-order valence-electron chi connectivity index (χ0n) is 14.1. The monoisotopic (exact) mass is 291 g/mol. The molecule has 1 N–H and O–H groups in total. The lowest BCUT2D eigenvalue weighted by molar-refractivity contribution is 0.287. The molecule has 1 aromatic rings. The van der Waals surface area contributed by atoms with Crippen molar-refractivity contribution in [3.05, 3.63) is 30.3 Å². The Kier molecular flexibility index (Phi) is 9.92. The number of nitrogens with zero attached hydrogens (tertiary/aromatic N) is 2. The molecule has 0 radical (unpaired) electrons. The number of hydrogen-bond acceptors (Lipinski definition) is 3. The first-order chi connectivity index (χ1) is 10.3. The third-order valence-electron chi connectivity index (χ3n) is 3.97. The molecule has 3 nitrogen and oxygen atoms in total. The van der Waals surface area contributed by atoms with Crippen molar-refractivity contribution in [2.45, 2.75) is 33.1 Å². The van der Waals surface area contributed by atoms with Crippen molar-refractivity contribution in [3.8, 4) is 0 Å². The predicted molar refractivity (Wildman–Crippen MR) is 94.2 cm³/mol. The highest BCUT2D eigenvalue weighted by atomic mass is 15.2. The van der Waals surface area contributed by atoms with Crippen LogP contribution in [0.25, 0.3) is 0 Å². The van der Waals surface area contributed by atoms with Gasteiger partial charge < -0.3 is 15.1 Å². The molecule has 0 bridgehead atoms. The number of benzene rings is 1. The van der Waals surface area contributed by atoms with Gasteiger partial charge in [0, 0.05) is 25.8 Å². The Morgan fingerprint density at radius 2 is 1.67 bits per heavy atom. The van der Waals surface area contributed by atoms with E-state index in [2.05, 4.69) is 66.3 Å². The maximum atomic E-state index is 3.39. The minimum Gasteiger partial charge on any atom is -0.373 e. The van der Waals surface area contributed by atoms with Crippen molar-refractivity contribution in [3.63, 3.8) is 0 Å². The quantitative estimate of drug-likeness (QED) is 0.597. The fourth-order valence-electron chi connectivity index (χ4n) is 2.47. The smallest absolute Gasteiger partial charge is 0.0364 e. The molecule has 0 aliphatic heterocycles. The summed E-state index contributed by atoms with van der Waals surface area (Å²) in [5.41, 5.74) is 1.30. The molecule has 1 rings (SSSR count). The topological polar surface area (TPSA) is 18.5 Å². The Labute approximate surface area is 131 Å². The van der Waals surface area contributed by atoms with Gasteiger partial charge in [-0.2, -0.15) is 0 Å². The molecule has 120 valence electrons. The normalized spacial score (nSPS) is 11.0. The summed E-state index contributed by atoms with van der Waals surface area (Å²) in [5, 5.41) is 3.39. The largest absolute Gasteiger partial charge is 0.373 e. The van der Waals surface area contributed by atoms with Crippen LogP contribution in [0, 0.1) is 0 Å². The van der Waals surface area contributed by atoms with E-state index in [0.29, 0.717) is 0 Å². The first-order valence-corrected chi connectivity index (χ1v) is 8.47. The molecular weight excluding hydrogens is 258 g/mol. The van der Waals surface area contributed by atoms with Crippen molar-refractivity contribution in [1.82, 2.24) is 10.2 Å². The summed E-state index contributed by atoms with van der Waals surface area (Å²) in [6.45, 7) is 11.3. The summed E-state index contributed by atoms with van der Waals surface area (Å²) < 4.78 is 0. The van der Waals surface area contributed by atoms with Gasteiger partial charge in [0.15, 0.2) is 0 Å². The van der Waals surface area contributed by atoms with E-state index in [-0.39, 0.29) is 0 Å². The minimum absolute atomic E-state index is 1.09. The van der Waals surface area contributed by atoms with Gasteiger partial charge in [-0.15, -0.1) is 0 Å². The third kappa shape index (κ3) is 8.08. The first-order valence-electron chi connectivity index (χ1n) is 8.47. The van der Waals surface area contributed by atoms with Crippen LogP contribution in [0.4, 0.5) is 5.69 Å². The van der Waals surface area contributed by atoms with Crippen molar-refractivity contribution in [1.29, 1.82) is 0 Å². The molecule has 0 unspecified atom stereocenters. The average molecular weight is 291 g/mol. The second-order valence-corrected chi connectivity index (χ2v) is 5.61. The summed E-state index contributed by atoms with van der Waals surface area (Å²) in [7, 11) is 2.18. The highest BCUT2D eigenvalue weighted by molar-refractivity contribution is 5.44. The van der Waals surface area contributed by atoms with E-state index in [1.807, 2.05) is 0 Å². The molecule has 21 heavy (non-hydrogen) atoms. The number of nitrogens with one attached hydrogen (secondary N) is 1. The van der Waals surface area contributed by atoms with E-state index in [1.54, 1.807) is 0 Å². The van der Waals surface area contributed by atoms with Crippen LogP contribution in [0.15, 0.2) is 30.3 Å². The molecule has 1 aromatic carbocycles. The zero-order chi connectivity index (χ0) is 15.3. The number of hydrogen-bond donors (Lipinski definition) is 1. The van der Waals surface area contributed by atoms with Gasteiger partial charge in [0.2, 0.25) is 0 Å². The van der Waals surface area contributed by atoms with E-state index in [0.717, 1.165) is 26.2 Å². The van der Waals surface area contributed by atoms with Crippen molar-refractivity contribution >= 4 is 5.69 Å². The van der Waals surface area contributed by atoms with Crippen LogP contribution in [-0.4, -0.2) is 51.2 Å². The Bertz CT molecular complexity index is 340. The fraction of sp³-hybridized carbons (Fsp3) is 0.667. The lowest BCUT2D eigenvalue weighted by atomic mass is 10.2. The average Bonchev–Trinajstić information content (AvgIpc) is 2.54. The molecule has 0 saturated carbocycles. The van der Waals surface area contributed by atoms with E-state index in [4.69, 9.17) is 0 Å². The molecule has 0 saturated heterocycles. The summed E-state index contributed by atoms with van der Waals surface area (Å²) in [6, 6.07) is 10.6. The second-order valence-electron chi connectivity index (χ2n) is 5.61. The lowest BCUT2D eigenvalue weighted by Crippen LogP contribution is -2.33. The van der Waals surface area contributed by atoms with Crippen molar-refractivity contribution in [2.24, 2.45) is 0 Å². The molecule has 0 atom stereocenters. The van der Waals surface area contributed by atoms with Crippen molar-refractivity contribution in [2.75, 3.05) is 51.2 Å². The summed E-state index contributed by atoms with van der Waals surface area (Å²) in [5.74, 6) is 0. The molecule has 0 aliphatic carbocycles. The van der Waals surface area contributed by atoms with Crippen LogP contribution in [0.2, 0.25) is 0 Å². The summed E-state index contributed by atoms with van der Waals surface area (Å²) in [6.07, 6.45) is 3.95. The van der Waals surface area contributed by atoms with E-state index in [1.165, 1.54) is 38.0 Å². The first kappa shape index (κ1) is 18.0. The number of anilines is 1. The number of unbranched alkanes of at least 4 members (excludes halogenated alkanes) is 2. The van der Waals surface area contributed by atoms with E-state index < -0.39 is 0 Å². The molecule has 0 aromatic heterocycles. The zero-order valence-corrected chi connectivity index (χ0v) is 14.1. The van der Waals surface area contributed by atoms with Gasteiger partial charge in [-0.05, 0) is 51.2 Å². The second kappa shape index (κ2) is 11.6. The van der Waals surface area contributed by atoms with Crippen LogP contribution in [0.5, 0.6) is 0 Å². The fourth-order valence-corrected chi connectivity index (χ4v) is 2.47. The molecule has 3 heteroatoms. The SMILES string of the molecule is CCNCCCCCN(CC)CCN(C)c1ccccc1. The minimum atomic E-state index is 1.09. The highest BCUT2D eigenvalue weighted by Gasteiger charge is 2.05. The van der Waals surface area contributed by atoms with Crippen molar-refractivity contribution < 1.29 is 0 Å². The van der Waals surface area contributed by atoms with Gasteiger partial charge in [0.25, 0.3) is 0 Å². The van der Waals surface area contributed by atoms with Gasteiger partial charge in [-0.1, -0.05) is 38.5 Å². The highest BCUT2D eigenvalue weighted by Crippen LogP contribution is 2.10. The summed E-state index contributed by atoms with van der Waals surface area (Å²) in [4.78, 5) is 4.90. The van der Waals surface area contributed by atoms with E-state index >= 15 is 0 Å². The standard InChI is InChI=1S/C18H33N3/c1-4-19-14-10-7-11-15-21(5-2)17-16-20(3)18-12-8-6-9-13-18/h6,8-9,12-13,19H,4-5,7,10-11,14-17H2,1-3H3. The molecular formula is C18H33N3. The van der Waals surface area contributed by atoms with Crippen LogP contribution in [-0.2, 0) is 0 Å². The number of likely N-dealkylation sites (N-methyl/N-ethyl adjacent to an activating group) is 2. The van der Waals surface area contributed by atoms with Gasteiger partial charge in [0.1, 0.15) is 0 Å². The third-order valence-corrected chi connectivity index (χ3v) is 3.97. The van der Waals surface area contributed by atoms with Crippen LogP contribution < -0.4 is 10.2 Å². The predicted octanol–water partition coefficient (Wildman–Crippen LogP) is 3.22. The molecule has 0 heterocycles. The molecule has 0 fully saturated rings. The molecule has 0 amide bonds. The van der Waals surface area contributed by atoms with Gasteiger partial charge >= 0.3 is 0 Å². The van der Waals surface area contributed by atoms with Gasteiger partial charge in [-0.25, -0.2) is 0 Å². The molecule has 0 aliphatic rings. The van der Waals surface area contributed by atoms with E-state index in [9.17, 15) is 0 Å². The summed E-state index contributed by atoms with van der Waals surface area (Å²) >= 11 is 0. The van der Waals surface area contributed by atoms with Crippen LogP contribution in [0.3, 0.4) is 0 Å². The number of para-hydroxylation sites is 1. The maximum absolute atomic E-state index is 3.39. The lowest BCUT2D eigenvalue weighted by Gasteiger charge is -2.25. The number of rotatable bonds is 12. The Hall–Kier alpha value is -1.06. The van der Waals surface area contributed by atoms with Gasteiger partial charge in [-0.3, -0.25) is 0 Å². The molecule has 0 spiro atoms. The Morgan fingerprint density at radius 1 is 0.905 bits per heavy atom. The van der Waals surface area contributed by atoms with Crippen LogP contribution >= 0.6 is 0 Å².